The number of aromatic nitrogens is 1. The highest BCUT2D eigenvalue weighted by Crippen LogP contribution is 2.41. The summed E-state index contributed by atoms with van der Waals surface area (Å²) in [5.41, 5.74) is 6.23. The van der Waals surface area contributed by atoms with E-state index in [1.165, 1.54) is 5.69 Å². The number of anilines is 1. The third kappa shape index (κ3) is 4.68. The van der Waals surface area contributed by atoms with Crippen molar-refractivity contribution in [3.8, 4) is 28.0 Å². The number of carbonyl (C=O) groups is 1. The molecule has 2 aliphatic rings. The number of phenols is 1. The van der Waals surface area contributed by atoms with Crippen LogP contribution in [0, 0.1) is 5.92 Å². The van der Waals surface area contributed by atoms with Crippen molar-refractivity contribution < 1.29 is 9.90 Å². The summed E-state index contributed by atoms with van der Waals surface area (Å²) in [5, 5.41) is 11.3. The number of rotatable bonds is 5. The van der Waals surface area contributed by atoms with E-state index in [0.717, 1.165) is 72.2 Å². The molecule has 1 aliphatic heterocycles. The summed E-state index contributed by atoms with van der Waals surface area (Å²) in [5.74, 6) is 0.113. The maximum atomic E-state index is 13.4. The molecule has 0 spiro atoms. The van der Waals surface area contributed by atoms with Gasteiger partial charge in [0.25, 0.3) is 0 Å². The number of hydrogen-bond donors (Lipinski definition) is 1. The van der Waals surface area contributed by atoms with Crippen molar-refractivity contribution in [3.05, 3.63) is 76.4 Å². The van der Waals surface area contributed by atoms with Gasteiger partial charge in [0.2, 0.25) is 0 Å². The van der Waals surface area contributed by atoms with Gasteiger partial charge in [-0.05, 0) is 73.0 Å². The number of Topliss-reactive ketones (excluding diaryl/α,β-unsaturated/α-hetero) is 1. The fraction of sp³-hybridized carbons (Fsp3) is 0.267. The first-order chi connectivity index (χ1) is 17.9. The number of pyridine rings is 1. The minimum atomic E-state index is -0.131. The molecule has 1 saturated heterocycles. The van der Waals surface area contributed by atoms with Gasteiger partial charge in [0.1, 0.15) is 0 Å². The number of nitrogens with zero attached hydrogens (tertiary/aromatic N) is 3. The topological polar surface area (TPSA) is 56.7 Å². The number of hydrogen-bond acceptors (Lipinski definition) is 5. The molecule has 2 fully saturated rings. The van der Waals surface area contributed by atoms with Crippen LogP contribution in [-0.2, 0) is 0 Å². The van der Waals surface area contributed by atoms with Crippen LogP contribution in [-0.4, -0.2) is 54.0 Å². The van der Waals surface area contributed by atoms with Gasteiger partial charge in [-0.3, -0.25) is 9.78 Å². The average Bonchev–Trinajstić information content (AvgIpc) is 3.76. The lowest BCUT2D eigenvalue weighted by Crippen LogP contribution is -2.44. The van der Waals surface area contributed by atoms with E-state index in [2.05, 4.69) is 46.1 Å². The van der Waals surface area contributed by atoms with Crippen molar-refractivity contribution in [3.63, 3.8) is 0 Å². The fourth-order valence-corrected chi connectivity index (χ4v) is 5.56. The van der Waals surface area contributed by atoms with Crippen LogP contribution in [0.25, 0.3) is 33.2 Å². The number of carbonyl (C=O) groups excluding carboxylic acids is 1. The second-order valence-electron chi connectivity index (χ2n) is 10.0. The Labute approximate surface area is 226 Å². The molecule has 0 bridgehead atoms. The second kappa shape index (κ2) is 9.64. The zero-order chi connectivity index (χ0) is 25.7. The van der Waals surface area contributed by atoms with Crippen LogP contribution in [0.5, 0.6) is 5.75 Å². The van der Waals surface area contributed by atoms with Crippen molar-refractivity contribution in [2.24, 2.45) is 5.92 Å². The summed E-state index contributed by atoms with van der Waals surface area (Å²) in [6.45, 7) is 4.09. The molecule has 0 amide bonds. The number of aromatic hydroxyl groups is 1. The number of ketones is 1. The van der Waals surface area contributed by atoms with E-state index in [9.17, 15) is 9.90 Å². The van der Waals surface area contributed by atoms with Crippen LogP contribution in [0.2, 0.25) is 10.0 Å². The van der Waals surface area contributed by atoms with Crippen LogP contribution in [0.3, 0.4) is 0 Å². The standard InChI is InChI=1S/C30H27Cl2N3O2/c1-34-10-12-35(13-11-34)22-7-4-18(5-8-22)28-23-14-20(21-15-25(31)30(37)26(32)16-21)6-9-27(23)33-17-24(28)29(36)19-2-3-19/h4-9,14-17,19,37H,2-3,10-13H2,1H3. The van der Waals surface area contributed by atoms with Gasteiger partial charge in [0, 0.05) is 60.5 Å². The first-order valence-corrected chi connectivity index (χ1v) is 13.3. The Morgan fingerprint density at radius 2 is 1.54 bits per heavy atom. The van der Waals surface area contributed by atoms with Crippen molar-refractivity contribution in [1.82, 2.24) is 9.88 Å². The van der Waals surface area contributed by atoms with Crippen LogP contribution >= 0.6 is 23.2 Å². The van der Waals surface area contributed by atoms with Gasteiger partial charge in [0.15, 0.2) is 11.5 Å². The molecule has 1 N–H and O–H groups in total. The summed E-state index contributed by atoms with van der Waals surface area (Å²) in [4.78, 5) is 22.8. The van der Waals surface area contributed by atoms with Crippen molar-refractivity contribution in [1.29, 1.82) is 0 Å². The third-order valence-electron chi connectivity index (χ3n) is 7.46. The largest absolute Gasteiger partial charge is 0.505 e. The number of likely N-dealkylation sites (N-methyl/N-ethyl adjacent to an activating group) is 1. The molecule has 7 heteroatoms. The van der Waals surface area contributed by atoms with E-state index in [4.69, 9.17) is 23.2 Å². The van der Waals surface area contributed by atoms with E-state index >= 15 is 0 Å². The van der Waals surface area contributed by atoms with Gasteiger partial charge in [0.05, 0.1) is 15.6 Å². The maximum absolute atomic E-state index is 13.4. The summed E-state index contributed by atoms with van der Waals surface area (Å²) in [6, 6.07) is 17.9. The summed E-state index contributed by atoms with van der Waals surface area (Å²) < 4.78 is 0. The van der Waals surface area contributed by atoms with E-state index in [1.54, 1.807) is 18.3 Å². The van der Waals surface area contributed by atoms with Crippen molar-refractivity contribution in [2.75, 3.05) is 38.1 Å². The molecular formula is C30H27Cl2N3O2. The minimum absolute atomic E-state index is 0.0838. The first kappa shape index (κ1) is 24.2. The summed E-state index contributed by atoms with van der Waals surface area (Å²) in [7, 11) is 2.15. The van der Waals surface area contributed by atoms with E-state index < -0.39 is 0 Å². The Morgan fingerprint density at radius 1 is 0.892 bits per heavy atom. The number of phenolic OH excluding ortho intramolecular Hbond substituents is 1. The Bertz CT molecular complexity index is 1480. The molecule has 1 aromatic heterocycles. The van der Waals surface area contributed by atoms with Crippen molar-refractivity contribution in [2.45, 2.75) is 12.8 Å². The number of fused-ring (bicyclic) bond motifs is 1. The third-order valence-corrected chi connectivity index (χ3v) is 8.03. The molecule has 5 nitrogen and oxygen atoms in total. The molecule has 0 atom stereocenters. The average molecular weight is 532 g/mol. The minimum Gasteiger partial charge on any atom is -0.505 e. The fourth-order valence-electron chi connectivity index (χ4n) is 5.07. The molecule has 1 aliphatic carbocycles. The lowest BCUT2D eigenvalue weighted by molar-refractivity contribution is 0.0968. The monoisotopic (exact) mass is 531 g/mol. The van der Waals surface area contributed by atoms with Gasteiger partial charge in [-0.2, -0.15) is 0 Å². The molecule has 6 rings (SSSR count). The van der Waals surface area contributed by atoms with E-state index in [-0.39, 0.29) is 27.5 Å². The van der Waals surface area contributed by atoms with Gasteiger partial charge in [-0.15, -0.1) is 0 Å². The molecule has 0 unspecified atom stereocenters. The SMILES string of the molecule is CN1CCN(c2ccc(-c3c(C(=O)C4CC4)cnc4ccc(-c5cc(Cl)c(O)c(Cl)c5)cc34)cc2)CC1. The Morgan fingerprint density at radius 3 is 2.19 bits per heavy atom. The predicted molar refractivity (Wildman–Crippen MR) is 151 cm³/mol. The zero-order valence-corrected chi connectivity index (χ0v) is 22.1. The van der Waals surface area contributed by atoms with Gasteiger partial charge < -0.3 is 14.9 Å². The van der Waals surface area contributed by atoms with Crippen LogP contribution in [0.15, 0.2) is 60.8 Å². The smallest absolute Gasteiger partial charge is 0.168 e. The zero-order valence-electron chi connectivity index (χ0n) is 20.5. The lowest BCUT2D eigenvalue weighted by Gasteiger charge is -2.34. The quantitative estimate of drug-likeness (QED) is 0.283. The van der Waals surface area contributed by atoms with Gasteiger partial charge >= 0.3 is 0 Å². The molecular weight excluding hydrogens is 505 g/mol. The number of halogens is 2. The molecule has 0 radical (unpaired) electrons. The Hall–Kier alpha value is -3.12. The van der Waals surface area contributed by atoms with Crippen molar-refractivity contribution >= 4 is 45.6 Å². The van der Waals surface area contributed by atoms with Crippen LogP contribution in [0.1, 0.15) is 23.2 Å². The molecule has 37 heavy (non-hydrogen) atoms. The highest BCUT2D eigenvalue weighted by atomic mass is 35.5. The summed E-state index contributed by atoms with van der Waals surface area (Å²) >= 11 is 12.4. The number of benzene rings is 3. The summed E-state index contributed by atoms with van der Waals surface area (Å²) in [6.07, 6.45) is 3.60. The second-order valence-corrected chi connectivity index (χ2v) is 10.9. The lowest BCUT2D eigenvalue weighted by atomic mass is 9.91. The van der Waals surface area contributed by atoms with Crippen LogP contribution < -0.4 is 4.90 Å². The van der Waals surface area contributed by atoms with Gasteiger partial charge in [-0.1, -0.05) is 41.4 Å². The molecule has 4 aromatic rings. The van der Waals surface area contributed by atoms with Gasteiger partial charge in [-0.25, -0.2) is 0 Å². The predicted octanol–water partition coefficient (Wildman–Crippen LogP) is 6.93. The molecule has 2 heterocycles. The molecule has 188 valence electrons. The number of piperazine rings is 1. The maximum Gasteiger partial charge on any atom is 0.168 e. The highest BCUT2D eigenvalue weighted by Gasteiger charge is 2.32. The molecule has 3 aromatic carbocycles. The highest BCUT2D eigenvalue weighted by molar-refractivity contribution is 6.37. The molecule has 1 saturated carbocycles. The Balaban J connectivity index is 1.48. The normalized spacial score (nSPS) is 16.4. The van der Waals surface area contributed by atoms with Crippen LogP contribution in [0.4, 0.5) is 5.69 Å². The van der Waals surface area contributed by atoms with E-state index in [0.29, 0.717) is 5.56 Å². The first-order valence-electron chi connectivity index (χ1n) is 12.6. The Kier molecular flexibility index (Phi) is 6.31. The van der Waals surface area contributed by atoms with E-state index in [1.807, 2.05) is 18.2 Å².